The normalized spacial score (nSPS) is 9.86. The third kappa shape index (κ3) is 6.78. The molecule has 3 heteroatoms. The lowest BCUT2D eigenvalue weighted by Gasteiger charge is -1.93. The van der Waals surface area contributed by atoms with E-state index in [4.69, 9.17) is 0 Å². The van der Waals surface area contributed by atoms with Crippen LogP contribution in [0.5, 0.6) is 0 Å². The molecule has 0 aromatic carbocycles. The Morgan fingerprint density at radius 1 is 1.43 bits per heavy atom. The second-order valence-corrected chi connectivity index (χ2v) is 4.75. The Bertz CT molecular complexity index is 229. The van der Waals surface area contributed by atoms with E-state index in [0.29, 0.717) is 18.3 Å². The van der Waals surface area contributed by atoms with Gasteiger partial charge < -0.3 is 4.79 Å². The van der Waals surface area contributed by atoms with Crippen LogP contribution < -0.4 is 0 Å². The number of nitrogens with zero attached hydrogens (tertiary/aromatic N) is 1. The molecule has 1 heterocycles. The first kappa shape index (κ1) is 13.3. The molecule has 0 unspecified atom stereocenters. The number of thiazole rings is 1. The number of hydrogen-bond donors (Lipinski definition) is 0. The van der Waals surface area contributed by atoms with Crippen molar-refractivity contribution in [2.45, 2.75) is 40.0 Å². The first-order valence-electron chi connectivity index (χ1n) is 4.91. The van der Waals surface area contributed by atoms with Crippen LogP contribution in [0, 0.1) is 5.92 Å². The van der Waals surface area contributed by atoms with Crippen LogP contribution in [0.4, 0.5) is 0 Å². The zero-order valence-corrected chi connectivity index (χ0v) is 10.2. The molecular formula is C11H19NOS. The van der Waals surface area contributed by atoms with E-state index < -0.39 is 0 Å². The van der Waals surface area contributed by atoms with Crippen molar-refractivity contribution in [3.8, 4) is 0 Å². The number of rotatable bonds is 3. The molecule has 14 heavy (non-hydrogen) atoms. The zero-order chi connectivity index (χ0) is 11.0. The Balaban J connectivity index is 0.000000255. The maximum Gasteiger partial charge on any atom is 0.120 e. The van der Waals surface area contributed by atoms with E-state index in [2.05, 4.69) is 18.8 Å². The van der Waals surface area contributed by atoms with Crippen molar-refractivity contribution < 1.29 is 4.79 Å². The molecule has 0 atom stereocenters. The van der Waals surface area contributed by atoms with Crippen LogP contribution in [0.1, 0.15) is 45.0 Å². The monoisotopic (exact) mass is 213 g/mol. The Kier molecular flexibility index (Phi) is 7.30. The number of aromatic nitrogens is 1. The van der Waals surface area contributed by atoms with Gasteiger partial charge in [-0.2, -0.15) is 0 Å². The van der Waals surface area contributed by atoms with Crippen molar-refractivity contribution in [1.82, 2.24) is 4.98 Å². The summed E-state index contributed by atoms with van der Waals surface area (Å²) in [6.45, 7) is 8.35. The van der Waals surface area contributed by atoms with Crippen LogP contribution in [0.2, 0.25) is 0 Å². The molecule has 0 aliphatic heterocycles. The van der Waals surface area contributed by atoms with E-state index in [1.165, 1.54) is 5.01 Å². The summed E-state index contributed by atoms with van der Waals surface area (Å²) in [6.07, 6.45) is 3.49. The van der Waals surface area contributed by atoms with Gasteiger partial charge in [0.15, 0.2) is 0 Å². The molecule has 0 aliphatic carbocycles. The van der Waals surface area contributed by atoms with Crippen LogP contribution in [0.3, 0.4) is 0 Å². The molecule has 80 valence electrons. The summed E-state index contributed by atoms with van der Waals surface area (Å²) in [5.74, 6) is 1.12. The van der Waals surface area contributed by atoms with E-state index >= 15 is 0 Å². The Labute approximate surface area is 90.4 Å². The molecule has 0 N–H and O–H groups in total. The highest BCUT2D eigenvalue weighted by Crippen LogP contribution is 2.15. The maximum atomic E-state index is 9.62. The largest absolute Gasteiger partial charge is 0.303 e. The van der Waals surface area contributed by atoms with E-state index in [1.54, 1.807) is 11.3 Å². The first-order chi connectivity index (χ1) is 6.57. The predicted octanol–water partition coefficient (Wildman–Crippen LogP) is 3.50. The molecule has 0 radical (unpaired) electrons. The molecule has 0 amide bonds. The van der Waals surface area contributed by atoms with Crippen molar-refractivity contribution in [3.63, 3.8) is 0 Å². The SMILES string of the molecule is CC(C)CC=O.CC(C)c1nccs1. The predicted molar refractivity (Wildman–Crippen MR) is 61.7 cm³/mol. The van der Waals surface area contributed by atoms with Crippen LogP contribution in [0.25, 0.3) is 0 Å². The van der Waals surface area contributed by atoms with Crippen molar-refractivity contribution in [3.05, 3.63) is 16.6 Å². The molecule has 1 aromatic rings. The molecule has 2 nitrogen and oxygen atoms in total. The van der Waals surface area contributed by atoms with Gasteiger partial charge in [0.1, 0.15) is 6.29 Å². The van der Waals surface area contributed by atoms with Gasteiger partial charge in [-0.05, 0) is 5.92 Å². The number of aldehydes is 1. The summed E-state index contributed by atoms with van der Waals surface area (Å²) in [4.78, 5) is 13.7. The van der Waals surface area contributed by atoms with Gasteiger partial charge in [0.2, 0.25) is 0 Å². The van der Waals surface area contributed by atoms with Gasteiger partial charge in [-0.25, -0.2) is 4.98 Å². The Hall–Kier alpha value is -0.700. The summed E-state index contributed by atoms with van der Waals surface area (Å²) >= 11 is 1.72. The topological polar surface area (TPSA) is 30.0 Å². The lowest BCUT2D eigenvalue weighted by molar-refractivity contribution is -0.108. The average molecular weight is 213 g/mol. The van der Waals surface area contributed by atoms with E-state index in [-0.39, 0.29) is 0 Å². The van der Waals surface area contributed by atoms with Crippen molar-refractivity contribution in [2.75, 3.05) is 0 Å². The minimum Gasteiger partial charge on any atom is -0.303 e. The average Bonchev–Trinajstić information content (AvgIpc) is 2.56. The minimum absolute atomic E-state index is 0.530. The first-order valence-corrected chi connectivity index (χ1v) is 5.78. The molecule has 1 rings (SSSR count). The van der Waals surface area contributed by atoms with Crippen LogP contribution in [-0.2, 0) is 4.79 Å². The lowest BCUT2D eigenvalue weighted by atomic mass is 10.2. The van der Waals surface area contributed by atoms with E-state index in [1.807, 2.05) is 25.4 Å². The van der Waals surface area contributed by atoms with Crippen molar-refractivity contribution in [1.29, 1.82) is 0 Å². The summed E-state index contributed by atoms with van der Waals surface area (Å²) in [5.41, 5.74) is 0. The highest BCUT2D eigenvalue weighted by Gasteiger charge is 1.97. The standard InChI is InChI=1S/C6H9NS.C5H10O/c1-5(2)6-7-3-4-8-6;1-5(2)3-4-6/h3-5H,1-2H3;4-5H,3H2,1-2H3. The van der Waals surface area contributed by atoms with Gasteiger partial charge in [-0.3, -0.25) is 0 Å². The fourth-order valence-electron chi connectivity index (χ4n) is 0.712. The minimum atomic E-state index is 0.530. The van der Waals surface area contributed by atoms with Gasteiger partial charge in [0, 0.05) is 23.9 Å². The van der Waals surface area contributed by atoms with Crippen LogP contribution in [-0.4, -0.2) is 11.3 Å². The van der Waals surface area contributed by atoms with E-state index in [0.717, 1.165) is 6.29 Å². The summed E-state index contributed by atoms with van der Waals surface area (Å²) in [7, 11) is 0. The van der Waals surface area contributed by atoms with Gasteiger partial charge in [0.25, 0.3) is 0 Å². The Morgan fingerprint density at radius 3 is 2.21 bits per heavy atom. The molecule has 0 spiro atoms. The molecule has 0 bridgehead atoms. The van der Waals surface area contributed by atoms with E-state index in [9.17, 15) is 4.79 Å². The number of carbonyl (C=O) groups is 1. The number of hydrogen-bond acceptors (Lipinski definition) is 3. The third-order valence-corrected chi connectivity index (χ3v) is 2.59. The van der Waals surface area contributed by atoms with Gasteiger partial charge in [-0.15, -0.1) is 11.3 Å². The molecule has 0 fully saturated rings. The van der Waals surface area contributed by atoms with Crippen LogP contribution >= 0.6 is 11.3 Å². The molecule has 1 aromatic heterocycles. The quantitative estimate of drug-likeness (QED) is 0.719. The summed E-state index contributed by atoms with van der Waals surface area (Å²) in [5, 5.41) is 3.24. The van der Waals surface area contributed by atoms with Crippen molar-refractivity contribution in [2.24, 2.45) is 5.92 Å². The molecule has 0 aliphatic rings. The summed E-state index contributed by atoms with van der Waals surface area (Å²) < 4.78 is 0. The van der Waals surface area contributed by atoms with Crippen LogP contribution in [0.15, 0.2) is 11.6 Å². The highest BCUT2D eigenvalue weighted by atomic mass is 32.1. The highest BCUT2D eigenvalue weighted by molar-refractivity contribution is 7.09. The second kappa shape index (κ2) is 7.68. The van der Waals surface area contributed by atoms with Gasteiger partial charge >= 0.3 is 0 Å². The van der Waals surface area contributed by atoms with Crippen molar-refractivity contribution >= 4 is 17.6 Å². The maximum absolute atomic E-state index is 9.62. The molecule has 0 saturated carbocycles. The number of carbonyl (C=O) groups excluding carboxylic acids is 1. The smallest absolute Gasteiger partial charge is 0.120 e. The fraction of sp³-hybridized carbons (Fsp3) is 0.636. The molecular weight excluding hydrogens is 194 g/mol. The zero-order valence-electron chi connectivity index (χ0n) is 9.36. The lowest BCUT2D eigenvalue weighted by Crippen LogP contribution is -1.84. The van der Waals surface area contributed by atoms with Gasteiger partial charge in [0.05, 0.1) is 5.01 Å². The fourth-order valence-corrected chi connectivity index (χ4v) is 1.37. The molecule has 0 saturated heterocycles. The Morgan fingerprint density at radius 2 is 2.07 bits per heavy atom. The third-order valence-electron chi connectivity index (χ3n) is 1.51. The second-order valence-electron chi connectivity index (χ2n) is 3.82. The summed E-state index contributed by atoms with van der Waals surface area (Å²) in [6, 6.07) is 0. The van der Waals surface area contributed by atoms with Gasteiger partial charge in [-0.1, -0.05) is 27.7 Å².